The number of ether oxygens (including phenoxy) is 2. The van der Waals surface area contributed by atoms with E-state index >= 15 is 0 Å². The number of hydrogen-bond acceptors (Lipinski definition) is 7. The number of carbonyl (C=O) groups is 1. The van der Waals surface area contributed by atoms with Crippen LogP contribution in [0.5, 0.6) is 11.5 Å². The first-order valence-electron chi connectivity index (χ1n) is 7.34. The van der Waals surface area contributed by atoms with Gasteiger partial charge in [0, 0.05) is 18.5 Å². The van der Waals surface area contributed by atoms with Crippen molar-refractivity contribution in [3.63, 3.8) is 0 Å². The van der Waals surface area contributed by atoms with Gasteiger partial charge in [0.15, 0.2) is 5.78 Å². The van der Waals surface area contributed by atoms with Crippen molar-refractivity contribution in [2.75, 3.05) is 20.3 Å². The Bertz CT molecular complexity index is 630. The molecule has 1 aromatic rings. The maximum Gasteiger partial charge on any atom is 0.192 e. The Morgan fingerprint density at radius 3 is 2.87 bits per heavy atom. The van der Waals surface area contributed by atoms with Crippen LogP contribution < -0.4 is 26.7 Å². The fraction of sp³-hybridized carbons (Fsp3) is 0.375. The van der Waals surface area contributed by atoms with Gasteiger partial charge in [0.1, 0.15) is 17.0 Å². The molecule has 6 N–H and O–H groups in total. The third-order valence-electron chi connectivity index (χ3n) is 3.67. The van der Waals surface area contributed by atoms with Gasteiger partial charge in [-0.25, -0.2) is 0 Å². The van der Waals surface area contributed by atoms with Crippen LogP contribution in [0.25, 0.3) is 0 Å². The van der Waals surface area contributed by atoms with Crippen molar-refractivity contribution in [2.45, 2.75) is 18.0 Å². The van der Waals surface area contributed by atoms with Gasteiger partial charge in [-0.1, -0.05) is 0 Å². The SMILES string of the molecule is COc1ccc(C(=O)C2(N)C=CN=CC2N)c(OCCCN)c1. The van der Waals surface area contributed by atoms with Crippen LogP contribution in [-0.4, -0.2) is 43.8 Å². The minimum Gasteiger partial charge on any atom is -0.497 e. The number of ketones is 1. The number of benzene rings is 1. The number of nitrogens with two attached hydrogens (primary N) is 3. The lowest BCUT2D eigenvalue weighted by Gasteiger charge is -2.30. The van der Waals surface area contributed by atoms with E-state index in [0.29, 0.717) is 36.6 Å². The smallest absolute Gasteiger partial charge is 0.192 e. The third-order valence-corrected chi connectivity index (χ3v) is 3.67. The summed E-state index contributed by atoms with van der Waals surface area (Å²) in [6.07, 6.45) is 5.11. The Labute approximate surface area is 135 Å². The van der Waals surface area contributed by atoms with Crippen molar-refractivity contribution in [2.24, 2.45) is 22.2 Å². The topological polar surface area (TPSA) is 126 Å². The Balaban J connectivity index is 2.35. The van der Waals surface area contributed by atoms with E-state index in [1.165, 1.54) is 18.5 Å². The van der Waals surface area contributed by atoms with Gasteiger partial charge in [-0.05, 0) is 31.2 Å². The molecular formula is C16H22N4O3. The minimum atomic E-state index is -1.36. The highest BCUT2D eigenvalue weighted by Crippen LogP contribution is 2.29. The Morgan fingerprint density at radius 1 is 1.43 bits per heavy atom. The van der Waals surface area contributed by atoms with Gasteiger partial charge in [-0.3, -0.25) is 9.79 Å². The van der Waals surface area contributed by atoms with Crippen molar-refractivity contribution < 1.29 is 14.3 Å². The molecule has 0 bridgehead atoms. The maximum atomic E-state index is 12.9. The molecule has 0 amide bonds. The Morgan fingerprint density at radius 2 is 2.22 bits per heavy atom. The van der Waals surface area contributed by atoms with Gasteiger partial charge in [-0.15, -0.1) is 0 Å². The van der Waals surface area contributed by atoms with Crippen LogP contribution in [0.4, 0.5) is 0 Å². The van der Waals surface area contributed by atoms with Crippen molar-refractivity contribution in [1.82, 2.24) is 0 Å². The molecule has 1 aliphatic rings. The number of rotatable bonds is 7. The molecule has 23 heavy (non-hydrogen) atoms. The molecule has 0 fully saturated rings. The molecule has 2 unspecified atom stereocenters. The van der Waals surface area contributed by atoms with Crippen LogP contribution in [0.3, 0.4) is 0 Å². The number of carbonyl (C=O) groups excluding carboxylic acids is 1. The van der Waals surface area contributed by atoms with Crippen LogP contribution in [0.1, 0.15) is 16.8 Å². The van der Waals surface area contributed by atoms with Crippen molar-refractivity contribution >= 4 is 12.0 Å². The molecule has 2 rings (SSSR count). The van der Waals surface area contributed by atoms with E-state index in [1.54, 1.807) is 25.3 Å². The zero-order valence-corrected chi connectivity index (χ0v) is 13.1. The predicted octanol–water partition coefficient (Wildman–Crippen LogP) is 0.228. The highest BCUT2D eigenvalue weighted by Gasteiger charge is 2.40. The van der Waals surface area contributed by atoms with E-state index in [0.717, 1.165) is 0 Å². The highest BCUT2D eigenvalue weighted by atomic mass is 16.5. The molecule has 0 saturated heterocycles. The largest absolute Gasteiger partial charge is 0.497 e. The van der Waals surface area contributed by atoms with E-state index < -0.39 is 11.6 Å². The van der Waals surface area contributed by atoms with Crippen molar-refractivity contribution in [3.8, 4) is 11.5 Å². The van der Waals surface area contributed by atoms with E-state index in [-0.39, 0.29) is 5.78 Å². The van der Waals surface area contributed by atoms with Crippen LogP contribution >= 0.6 is 0 Å². The van der Waals surface area contributed by atoms with Gasteiger partial charge >= 0.3 is 0 Å². The zero-order chi connectivity index (χ0) is 16.9. The molecule has 1 heterocycles. The molecule has 1 aliphatic heterocycles. The molecule has 0 aromatic heterocycles. The highest BCUT2D eigenvalue weighted by molar-refractivity contribution is 6.09. The third kappa shape index (κ3) is 3.58. The molecule has 0 spiro atoms. The quantitative estimate of drug-likeness (QED) is 0.488. The van der Waals surface area contributed by atoms with E-state index in [2.05, 4.69) is 4.99 Å². The van der Waals surface area contributed by atoms with Crippen molar-refractivity contribution in [1.29, 1.82) is 0 Å². The summed E-state index contributed by atoms with van der Waals surface area (Å²) in [5.74, 6) is 0.647. The lowest BCUT2D eigenvalue weighted by molar-refractivity contribution is 0.0911. The second-order valence-corrected chi connectivity index (χ2v) is 5.25. The van der Waals surface area contributed by atoms with Crippen molar-refractivity contribution in [3.05, 3.63) is 36.0 Å². The van der Waals surface area contributed by atoms with Gasteiger partial charge in [0.25, 0.3) is 0 Å². The molecule has 0 saturated carbocycles. The monoisotopic (exact) mass is 318 g/mol. The Kier molecular flexibility index (Phi) is 5.49. The predicted molar refractivity (Wildman–Crippen MR) is 89.0 cm³/mol. The summed E-state index contributed by atoms with van der Waals surface area (Å²) in [7, 11) is 1.54. The van der Waals surface area contributed by atoms with Gasteiger partial charge in [0.2, 0.25) is 0 Å². The van der Waals surface area contributed by atoms with Crippen LogP contribution in [0.15, 0.2) is 35.5 Å². The van der Waals surface area contributed by atoms with Gasteiger partial charge in [0.05, 0.1) is 25.3 Å². The second-order valence-electron chi connectivity index (χ2n) is 5.25. The molecule has 7 nitrogen and oxygen atoms in total. The van der Waals surface area contributed by atoms with Crippen LogP contribution in [0, 0.1) is 0 Å². The number of Topliss-reactive ketones (excluding diaryl/α,β-unsaturated/α-hetero) is 1. The normalized spacial score (nSPS) is 22.9. The molecule has 124 valence electrons. The van der Waals surface area contributed by atoms with Gasteiger partial charge in [-0.2, -0.15) is 0 Å². The summed E-state index contributed by atoms with van der Waals surface area (Å²) in [6.45, 7) is 0.892. The van der Waals surface area contributed by atoms with Gasteiger partial charge < -0.3 is 26.7 Å². The Hall–Kier alpha value is -2.22. The first-order chi connectivity index (χ1) is 11.0. The maximum absolute atomic E-state index is 12.9. The molecule has 2 atom stereocenters. The second kappa shape index (κ2) is 7.36. The number of aliphatic imine (C=N–C) groups is 1. The summed E-state index contributed by atoms with van der Waals surface area (Å²) in [5, 5.41) is 0. The molecule has 1 aromatic carbocycles. The lowest BCUT2D eigenvalue weighted by atomic mass is 9.83. The first-order valence-corrected chi connectivity index (χ1v) is 7.34. The first kappa shape index (κ1) is 17.1. The average Bonchev–Trinajstić information content (AvgIpc) is 2.57. The molecule has 0 aliphatic carbocycles. The fourth-order valence-electron chi connectivity index (χ4n) is 2.21. The molecular weight excluding hydrogens is 296 g/mol. The van der Waals surface area contributed by atoms with E-state index in [1.807, 2.05) is 0 Å². The summed E-state index contributed by atoms with van der Waals surface area (Å²) < 4.78 is 10.9. The zero-order valence-electron chi connectivity index (χ0n) is 13.1. The van der Waals surface area contributed by atoms with Crippen LogP contribution in [-0.2, 0) is 0 Å². The van der Waals surface area contributed by atoms with E-state index in [9.17, 15) is 4.79 Å². The summed E-state index contributed by atoms with van der Waals surface area (Å²) in [5.41, 5.74) is 16.6. The molecule has 7 heteroatoms. The standard InChI is InChI=1S/C16H22N4O3/c1-22-11-3-4-12(13(9-11)23-8-2-6-17)15(21)16(19)5-7-20-10-14(16)18/h3-5,7,9-10,14H,2,6,8,17-19H2,1H3. The summed E-state index contributed by atoms with van der Waals surface area (Å²) >= 11 is 0. The summed E-state index contributed by atoms with van der Waals surface area (Å²) in [4.78, 5) is 16.8. The number of nitrogens with zero attached hydrogens (tertiary/aromatic N) is 1. The average molecular weight is 318 g/mol. The number of hydrogen-bond donors (Lipinski definition) is 3. The lowest BCUT2D eigenvalue weighted by Crippen LogP contribution is -2.61. The molecule has 0 radical (unpaired) electrons. The summed E-state index contributed by atoms with van der Waals surface area (Å²) in [6, 6.07) is 4.25. The number of methoxy groups -OCH3 is 1. The fourth-order valence-corrected chi connectivity index (χ4v) is 2.21. The van der Waals surface area contributed by atoms with E-state index in [4.69, 9.17) is 26.7 Å². The van der Waals surface area contributed by atoms with Crippen LogP contribution in [0.2, 0.25) is 0 Å². The minimum absolute atomic E-state index is 0.335.